The van der Waals surface area contributed by atoms with Gasteiger partial charge < -0.3 is 0 Å². The highest BCUT2D eigenvalue weighted by atomic mass is 32.1. The van der Waals surface area contributed by atoms with Crippen LogP contribution >= 0.6 is 11.3 Å². The molecule has 24 heavy (non-hydrogen) atoms. The number of fused-ring (bicyclic) bond motifs is 7. The van der Waals surface area contributed by atoms with E-state index in [9.17, 15) is 0 Å². The Morgan fingerprint density at radius 3 is 2.38 bits per heavy atom. The van der Waals surface area contributed by atoms with Gasteiger partial charge in [0.1, 0.15) is 0 Å². The maximum atomic E-state index is 2.39. The van der Waals surface area contributed by atoms with Crippen molar-refractivity contribution in [3.8, 4) is 0 Å². The molecule has 1 aromatic heterocycles. The van der Waals surface area contributed by atoms with Crippen molar-refractivity contribution in [2.45, 2.75) is 19.8 Å². The highest BCUT2D eigenvalue weighted by molar-refractivity contribution is 7.26. The number of rotatable bonds is 2. The number of aryl methyl sites for hydroxylation is 1. The van der Waals surface area contributed by atoms with E-state index < -0.39 is 0 Å². The minimum absolute atomic E-state index is 1.16. The van der Waals surface area contributed by atoms with Gasteiger partial charge in [0.15, 0.2) is 0 Å². The van der Waals surface area contributed by atoms with Gasteiger partial charge in [-0.25, -0.2) is 0 Å². The van der Waals surface area contributed by atoms with Crippen LogP contribution in [0.4, 0.5) is 0 Å². The summed E-state index contributed by atoms with van der Waals surface area (Å²) in [6.45, 7) is 2.24. The first-order chi connectivity index (χ1) is 11.8. The summed E-state index contributed by atoms with van der Waals surface area (Å²) in [6.07, 6.45) is 2.36. The molecule has 0 fully saturated rings. The van der Waals surface area contributed by atoms with Crippen LogP contribution in [0.1, 0.15) is 18.9 Å². The molecule has 0 radical (unpaired) electrons. The minimum Gasteiger partial charge on any atom is -0.135 e. The third-order valence-electron chi connectivity index (χ3n) is 4.96. The molecule has 0 atom stereocenters. The van der Waals surface area contributed by atoms with Crippen molar-refractivity contribution in [3.63, 3.8) is 0 Å². The summed E-state index contributed by atoms with van der Waals surface area (Å²) in [6, 6.07) is 24.8. The Bertz CT molecular complexity index is 1210. The fourth-order valence-electron chi connectivity index (χ4n) is 3.81. The van der Waals surface area contributed by atoms with Gasteiger partial charge >= 0.3 is 0 Å². The molecular formula is C23H18S. The molecule has 0 aliphatic rings. The Balaban J connectivity index is 1.89. The molecule has 116 valence electrons. The van der Waals surface area contributed by atoms with Crippen LogP contribution in [0.15, 0.2) is 66.7 Å². The maximum absolute atomic E-state index is 2.39. The molecule has 0 nitrogen and oxygen atoms in total. The van der Waals surface area contributed by atoms with E-state index in [1.54, 1.807) is 0 Å². The Labute approximate surface area is 145 Å². The number of thiophene rings is 1. The number of hydrogen-bond acceptors (Lipinski definition) is 1. The van der Waals surface area contributed by atoms with Gasteiger partial charge in [0.25, 0.3) is 0 Å². The van der Waals surface area contributed by atoms with Crippen LogP contribution in [-0.2, 0) is 6.42 Å². The first-order valence-corrected chi connectivity index (χ1v) is 9.42. The summed E-state index contributed by atoms with van der Waals surface area (Å²) >= 11 is 1.94. The van der Waals surface area contributed by atoms with Gasteiger partial charge in [-0.2, -0.15) is 0 Å². The Morgan fingerprint density at radius 2 is 1.46 bits per heavy atom. The van der Waals surface area contributed by atoms with Crippen molar-refractivity contribution >= 4 is 53.1 Å². The molecular weight excluding hydrogens is 308 g/mol. The van der Waals surface area contributed by atoms with E-state index in [1.165, 1.54) is 53.7 Å². The lowest BCUT2D eigenvalue weighted by Crippen LogP contribution is -1.80. The molecule has 0 bridgehead atoms. The van der Waals surface area contributed by atoms with E-state index in [4.69, 9.17) is 0 Å². The van der Waals surface area contributed by atoms with Crippen LogP contribution in [0.3, 0.4) is 0 Å². The topological polar surface area (TPSA) is 0 Å². The van der Waals surface area contributed by atoms with Crippen molar-refractivity contribution in [2.75, 3.05) is 0 Å². The lowest BCUT2D eigenvalue weighted by molar-refractivity contribution is 0.924. The molecule has 1 heterocycles. The van der Waals surface area contributed by atoms with Crippen molar-refractivity contribution in [2.24, 2.45) is 0 Å². The second kappa shape index (κ2) is 5.32. The van der Waals surface area contributed by atoms with Crippen LogP contribution in [-0.4, -0.2) is 0 Å². The largest absolute Gasteiger partial charge is 0.135 e. The van der Waals surface area contributed by atoms with E-state index in [0.717, 1.165) is 6.42 Å². The lowest BCUT2D eigenvalue weighted by atomic mass is 10.00. The zero-order valence-electron chi connectivity index (χ0n) is 13.7. The monoisotopic (exact) mass is 326 g/mol. The van der Waals surface area contributed by atoms with Gasteiger partial charge in [0.2, 0.25) is 0 Å². The summed E-state index contributed by atoms with van der Waals surface area (Å²) in [5, 5.41) is 8.19. The zero-order chi connectivity index (χ0) is 16.1. The highest BCUT2D eigenvalue weighted by Crippen LogP contribution is 2.40. The minimum atomic E-state index is 1.16. The SMILES string of the molecule is CCCc1ccc2c(c1)sc1c2ccc2c3ccccc3ccc21. The fraction of sp³-hybridized carbons (Fsp3) is 0.130. The van der Waals surface area contributed by atoms with Crippen LogP contribution in [0.5, 0.6) is 0 Å². The van der Waals surface area contributed by atoms with E-state index >= 15 is 0 Å². The molecule has 0 spiro atoms. The van der Waals surface area contributed by atoms with Crippen molar-refractivity contribution in [3.05, 3.63) is 72.3 Å². The maximum Gasteiger partial charge on any atom is 0.0434 e. The average molecular weight is 326 g/mol. The summed E-state index contributed by atoms with van der Waals surface area (Å²) < 4.78 is 2.83. The lowest BCUT2D eigenvalue weighted by Gasteiger charge is -2.04. The van der Waals surface area contributed by atoms with Crippen molar-refractivity contribution in [1.29, 1.82) is 0 Å². The smallest absolute Gasteiger partial charge is 0.0434 e. The molecule has 5 rings (SSSR count). The Morgan fingerprint density at radius 1 is 0.708 bits per heavy atom. The van der Waals surface area contributed by atoms with Crippen LogP contribution < -0.4 is 0 Å². The molecule has 0 saturated carbocycles. The summed E-state index contributed by atoms with van der Waals surface area (Å²) in [4.78, 5) is 0. The fourth-order valence-corrected chi connectivity index (χ4v) is 5.10. The number of hydrogen-bond donors (Lipinski definition) is 0. The first-order valence-electron chi connectivity index (χ1n) is 8.61. The molecule has 1 heteroatoms. The normalized spacial score (nSPS) is 11.9. The summed E-state index contributed by atoms with van der Waals surface area (Å²) in [5.41, 5.74) is 1.45. The van der Waals surface area contributed by atoms with Crippen molar-refractivity contribution in [1.82, 2.24) is 0 Å². The highest BCUT2D eigenvalue weighted by Gasteiger charge is 2.10. The summed E-state index contributed by atoms with van der Waals surface area (Å²) in [7, 11) is 0. The standard InChI is InChI=1S/C23H18S/c1-2-5-15-8-10-19-21-13-12-18-17-7-4-3-6-16(17)9-11-20(18)23(21)24-22(19)14-15/h3-4,6-14H,2,5H2,1H3. The molecule has 0 aliphatic heterocycles. The van der Waals surface area contributed by atoms with Gasteiger partial charge in [-0.15, -0.1) is 11.3 Å². The van der Waals surface area contributed by atoms with Crippen LogP contribution in [0, 0.1) is 0 Å². The molecule has 4 aromatic carbocycles. The van der Waals surface area contributed by atoms with Gasteiger partial charge in [0, 0.05) is 25.6 Å². The average Bonchev–Trinajstić information content (AvgIpc) is 2.99. The second-order valence-electron chi connectivity index (χ2n) is 6.51. The predicted octanol–water partition coefficient (Wildman–Crippen LogP) is 7.31. The molecule has 0 aliphatic carbocycles. The van der Waals surface area contributed by atoms with E-state index in [1.807, 2.05) is 11.3 Å². The second-order valence-corrected chi connectivity index (χ2v) is 7.56. The van der Waals surface area contributed by atoms with Gasteiger partial charge in [-0.3, -0.25) is 0 Å². The number of benzene rings is 4. The third-order valence-corrected chi connectivity index (χ3v) is 6.17. The quantitative estimate of drug-likeness (QED) is 0.298. The van der Waals surface area contributed by atoms with Crippen LogP contribution in [0.2, 0.25) is 0 Å². The van der Waals surface area contributed by atoms with Crippen LogP contribution in [0.25, 0.3) is 41.7 Å². The molecule has 0 amide bonds. The molecule has 0 N–H and O–H groups in total. The van der Waals surface area contributed by atoms with E-state index in [-0.39, 0.29) is 0 Å². The Kier molecular flexibility index (Phi) is 3.11. The molecule has 5 aromatic rings. The van der Waals surface area contributed by atoms with E-state index in [2.05, 4.69) is 73.7 Å². The van der Waals surface area contributed by atoms with Gasteiger partial charge in [-0.05, 0) is 34.2 Å². The van der Waals surface area contributed by atoms with Gasteiger partial charge in [0.05, 0.1) is 0 Å². The first kappa shape index (κ1) is 14.0. The summed E-state index contributed by atoms with van der Waals surface area (Å²) in [5.74, 6) is 0. The van der Waals surface area contributed by atoms with E-state index in [0.29, 0.717) is 0 Å². The third kappa shape index (κ3) is 1.98. The zero-order valence-corrected chi connectivity index (χ0v) is 14.5. The van der Waals surface area contributed by atoms with Crippen molar-refractivity contribution < 1.29 is 0 Å². The predicted molar refractivity (Wildman–Crippen MR) is 108 cm³/mol. The molecule has 0 saturated heterocycles. The Hall–Kier alpha value is -2.38. The van der Waals surface area contributed by atoms with Gasteiger partial charge in [-0.1, -0.05) is 74.0 Å². The molecule has 0 unspecified atom stereocenters.